The topological polar surface area (TPSA) is 107 Å². The lowest BCUT2D eigenvalue weighted by Crippen LogP contribution is -2.09. The van der Waals surface area contributed by atoms with Crippen molar-refractivity contribution in [3.63, 3.8) is 0 Å². The Morgan fingerprint density at radius 3 is 2.88 bits per heavy atom. The number of nitrogen functional groups attached to an aromatic ring is 1. The van der Waals surface area contributed by atoms with E-state index in [-0.39, 0.29) is 23.5 Å². The summed E-state index contributed by atoms with van der Waals surface area (Å²) in [6.45, 7) is 0.354. The minimum absolute atomic E-state index is 0.132. The number of benzene rings is 1. The molecule has 3 aromatic heterocycles. The Morgan fingerprint density at radius 2 is 2.08 bits per heavy atom. The standard InChI is InChI=1S/C15H12FN7O/c16-10-4-1-3-9(7-10)8-18-14-20-13(17)23-15(21-14)19-12(22-23)11-5-2-6-24-11/h1-7H,8H2,(H3,17,18,19,20,21,22). The Morgan fingerprint density at radius 1 is 1.17 bits per heavy atom. The summed E-state index contributed by atoms with van der Waals surface area (Å²) < 4.78 is 19.8. The summed E-state index contributed by atoms with van der Waals surface area (Å²) in [5, 5.41) is 7.20. The summed E-state index contributed by atoms with van der Waals surface area (Å²) in [5.41, 5.74) is 6.65. The van der Waals surface area contributed by atoms with Gasteiger partial charge in [-0.3, -0.25) is 0 Å². The van der Waals surface area contributed by atoms with Gasteiger partial charge in [-0.2, -0.15) is 19.5 Å². The van der Waals surface area contributed by atoms with E-state index in [1.54, 1.807) is 24.3 Å². The van der Waals surface area contributed by atoms with Gasteiger partial charge in [-0.15, -0.1) is 5.10 Å². The minimum atomic E-state index is -0.300. The number of furan rings is 1. The molecule has 0 fully saturated rings. The van der Waals surface area contributed by atoms with Crippen LogP contribution in [0.15, 0.2) is 47.1 Å². The first-order valence-electron chi connectivity index (χ1n) is 7.11. The second-order valence-electron chi connectivity index (χ2n) is 5.01. The summed E-state index contributed by atoms with van der Waals surface area (Å²) in [7, 11) is 0. The monoisotopic (exact) mass is 325 g/mol. The fraction of sp³-hybridized carbons (Fsp3) is 0.0667. The number of nitrogens with one attached hydrogen (secondary N) is 1. The first-order chi connectivity index (χ1) is 11.7. The first-order valence-corrected chi connectivity index (χ1v) is 7.11. The zero-order chi connectivity index (χ0) is 16.5. The molecule has 0 bridgehead atoms. The number of rotatable bonds is 4. The average Bonchev–Trinajstić information content (AvgIpc) is 3.22. The van der Waals surface area contributed by atoms with Crippen molar-refractivity contribution < 1.29 is 8.81 Å². The largest absolute Gasteiger partial charge is 0.461 e. The molecule has 9 heteroatoms. The molecule has 0 radical (unpaired) electrons. The highest BCUT2D eigenvalue weighted by Gasteiger charge is 2.13. The van der Waals surface area contributed by atoms with Gasteiger partial charge in [0.15, 0.2) is 5.76 Å². The van der Waals surface area contributed by atoms with Crippen molar-refractivity contribution in [2.45, 2.75) is 6.54 Å². The van der Waals surface area contributed by atoms with E-state index in [2.05, 4.69) is 25.4 Å². The molecule has 120 valence electrons. The van der Waals surface area contributed by atoms with E-state index in [1.807, 2.05) is 0 Å². The van der Waals surface area contributed by atoms with Crippen LogP contribution < -0.4 is 11.1 Å². The highest BCUT2D eigenvalue weighted by Crippen LogP contribution is 2.17. The second kappa shape index (κ2) is 5.61. The highest BCUT2D eigenvalue weighted by molar-refractivity contribution is 5.52. The maximum atomic E-state index is 13.2. The van der Waals surface area contributed by atoms with Crippen molar-refractivity contribution in [3.05, 3.63) is 54.0 Å². The first kappa shape index (κ1) is 14.1. The molecule has 0 atom stereocenters. The van der Waals surface area contributed by atoms with Crippen molar-refractivity contribution in [2.75, 3.05) is 11.1 Å². The summed E-state index contributed by atoms with van der Waals surface area (Å²) in [5.74, 6) is 1.27. The van der Waals surface area contributed by atoms with E-state index >= 15 is 0 Å². The van der Waals surface area contributed by atoms with Crippen molar-refractivity contribution in [1.82, 2.24) is 24.6 Å². The third-order valence-electron chi connectivity index (χ3n) is 3.31. The van der Waals surface area contributed by atoms with Crippen LogP contribution in [0, 0.1) is 5.82 Å². The van der Waals surface area contributed by atoms with Crippen LogP contribution in [-0.4, -0.2) is 24.6 Å². The van der Waals surface area contributed by atoms with E-state index in [9.17, 15) is 4.39 Å². The fourth-order valence-electron chi connectivity index (χ4n) is 2.22. The summed E-state index contributed by atoms with van der Waals surface area (Å²) in [6, 6.07) is 9.73. The molecule has 0 unspecified atom stereocenters. The maximum absolute atomic E-state index is 13.2. The van der Waals surface area contributed by atoms with Crippen LogP contribution in [0.2, 0.25) is 0 Å². The van der Waals surface area contributed by atoms with Gasteiger partial charge in [0, 0.05) is 6.54 Å². The molecular weight excluding hydrogens is 313 g/mol. The summed E-state index contributed by atoms with van der Waals surface area (Å²) in [6.07, 6.45) is 1.53. The van der Waals surface area contributed by atoms with Gasteiger partial charge in [-0.05, 0) is 29.8 Å². The van der Waals surface area contributed by atoms with E-state index in [4.69, 9.17) is 10.2 Å². The molecule has 3 N–H and O–H groups in total. The molecule has 0 aliphatic carbocycles. The van der Waals surface area contributed by atoms with Gasteiger partial charge in [0.05, 0.1) is 6.26 Å². The molecule has 4 aromatic rings. The molecule has 0 saturated heterocycles. The van der Waals surface area contributed by atoms with Gasteiger partial charge in [-0.1, -0.05) is 12.1 Å². The van der Waals surface area contributed by atoms with E-state index in [1.165, 1.54) is 22.9 Å². The van der Waals surface area contributed by atoms with Gasteiger partial charge in [0.25, 0.3) is 5.78 Å². The number of anilines is 2. The van der Waals surface area contributed by atoms with Crippen molar-refractivity contribution in [2.24, 2.45) is 0 Å². The molecule has 1 aromatic carbocycles. The molecule has 0 aliphatic rings. The SMILES string of the molecule is Nc1nc(NCc2cccc(F)c2)nc2nc(-c3ccco3)nn12. The lowest BCUT2D eigenvalue weighted by Gasteiger charge is -2.06. The smallest absolute Gasteiger partial charge is 0.259 e. The molecule has 0 aliphatic heterocycles. The van der Waals surface area contributed by atoms with Crippen molar-refractivity contribution >= 4 is 17.7 Å². The summed E-state index contributed by atoms with van der Waals surface area (Å²) in [4.78, 5) is 12.7. The number of hydrogen-bond acceptors (Lipinski definition) is 7. The molecule has 24 heavy (non-hydrogen) atoms. The number of nitrogens with two attached hydrogens (primary N) is 1. The second-order valence-corrected chi connectivity index (χ2v) is 5.01. The molecule has 0 saturated carbocycles. The Balaban J connectivity index is 1.62. The zero-order valence-corrected chi connectivity index (χ0v) is 12.3. The maximum Gasteiger partial charge on any atom is 0.259 e. The van der Waals surface area contributed by atoms with Crippen LogP contribution in [-0.2, 0) is 6.54 Å². The predicted octanol–water partition coefficient (Wildman–Crippen LogP) is 2.11. The minimum Gasteiger partial charge on any atom is -0.461 e. The van der Waals surface area contributed by atoms with Gasteiger partial charge in [-0.25, -0.2) is 4.39 Å². The van der Waals surface area contributed by atoms with E-state index in [0.717, 1.165) is 5.56 Å². The third-order valence-corrected chi connectivity index (χ3v) is 3.31. The van der Waals surface area contributed by atoms with Crippen molar-refractivity contribution in [3.8, 4) is 11.6 Å². The number of fused-ring (bicyclic) bond motifs is 1. The molecule has 4 rings (SSSR count). The number of halogens is 1. The van der Waals surface area contributed by atoms with Crippen LogP contribution in [0.1, 0.15) is 5.56 Å². The Kier molecular flexibility index (Phi) is 3.30. The third kappa shape index (κ3) is 2.62. The summed E-state index contributed by atoms with van der Waals surface area (Å²) >= 11 is 0. The number of hydrogen-bond donors (Lipinski definition) is 2. The fourth-order valence-corrected chi connectivity index (χ4v) is 2.22. The van der Waals surface area contributed by atoms with Gasteiger partial charge >= 0.3 is 0 Å². The average molecular weight is 325 g/mol. The lowest BCUT2D eigenvalue weighted by atomic mass is 10.2. The number of nitrogens with zero attached hydrogens (tertiary/aromatic N) is 5. The molecular formula is C15H12FN7O. The zero-order valence-electron chi connectivity index (χ0n) is 12.3. The molecule has 8 nitrogen and oxygen atoms in total. The van der Waals surface area contributed by atoms with Crippen LogP contribution in [0.3, 0.4) is 0 Å². The van der Waals surface area contributed by atoms with Crippen LogP contribution >= 0.6 is 0 Å². The van der Waals surface area contributed by atoms with Crippen LogP contribution in [0.25, 0.3) is 17.4 Å². The van der Waals surface area contributed by atoms with Gasteiger partial charge < -0.3 is 15.5 Å². The van der Waals surface area contributed by atoms with Gasteiger partial charge in [0.2, 0.25) is 17.7 Å². The number of aromatic nitrogens is 5. The molecule has 3 heterocycles. The molecule has 0 amide bonds. The Labute approximate surface area is 135 Å². The Bertz CT molecular complexity index is 996. The normalized spacial score (nSPS) is 11.0. The van der Waals surface area contributed by atoms with E-state index < -0.39 is 0 Å². The quantitative estimate of drug-likeness (QED) is 0.591. The Hall–Kier alpha value is -3.49. The van der Waals surface area contributed by atoms with Crippen LogP contribution in [0.4, 0.5) is 16.3 Å². The highest BCUT2D eigenvalue weighted by atomic mass is 19.1. The van der Waals surface area contributed by atoms with Crippen molar-refractivity contribution in [1.29, 1.82) is 0 Å². The van der Waals surface area contributed by atoms with Crippen LogP contribution in [0.5, 0.6) is 0 Å². The molecule has 0 spiro atoms. The predicted molar refractivity (Wildman–Crippen MR) is 84.4 cm³/mol. The lowest BCUT2D eigenvalue weighted by molar-refractivity contribution is 0.577. The van der Waals surface area contributed by atoms with Gasteiger partial charge in [0.1, 0.15) is 5.82 Å². The van der Waals surface area contributed by atoms with E-state index in [0.29, 0.717) is 18.1 Å².